The summed E-state index contributed by atoms with van der Waals surface area (Å²) >= 11 is 2.82. The van der Waals surface area contributed by atoms with Gasteiger partial charge in [-0.1, -0.05) is 15.9 Å². The van der Waals surface area contributed by atoms with Crippen molar-refractivity contribution in [1.29, 1.82) is 0 Å². The Balaban J connectivity index is 2.64. The van der Waals surface area contributed by atoms with Gasteiger partial charge in [0, 0.05) is 16.7 Å². The standard InChI is InChI=1S/C12H13BrF3N3O2/c1-2-17-11(21)19-10(20)6-18-7-3-4-9(13)8(5-7)12(14,15)16/h3-5,18H,2,6H2,1H3,(H2,17,19,20,21). The summed E-state index contributed by atoms with van der Waals surface area (Å²) in [4.78, 5) is 22.5. The summed E-state index contributed by atoms with van der Waals surface area (Å²) in [5.41, 5.74) is -0.729. The molecular weight excluding hydrogens is 355 g/mol. The number of anilines is 1. The number of rotatable bonds is 4. The summed E-state index contributed by atoms with van der Waals surface area (Å²) in [5.74, 6) is -0.655. The fourth-order valence-electron chi connectivity index (χ4n) is 1.41. The van der Waals surface area contributed by atoms with Crippen molar-refractivity contribution in [1.82, 2.24) is 10.6 Å². The molecule has 0 aromatic heterocycles. The van der Waals surface area contributed by atoms with E-state index in [0.29, 0.717) is 6.54 Å². The van der Waals surface area contributed by atoms with Crippen LogP contribution in [0, 0.1) is 0 Å². The van der Waals surface area contributed by atoms with E-state index < -0.39 is 23.7 Å². The van der Waals surface area contributed by atoms with Gasteiger partial charge >= 0.3 is 12.2 Å². The molecule has 0 aliphatic carbocycles. The number of amides is 3. The maximum atomic E-state index is 12.7. The van der Waals surface area contributed by atoms with Gasteiger partial charge in [-0.2, -0.15) is 13.2 Å². The van der Waals surface area contributed by atoms with Crippen molar-refractivity contribution in [3.8, 4) is 0 Å². The minimum absolute atomic E-state index is 0.0904. The molecule has 9 heteroatoms. The molecule has 0 bridgehead atoms. The number of imide groups is 1. The molecule has 116 valence electrons. The third-order valence-corrected chi connectivity index (χ3v) is 3.01. The highest BCUT2D eigenvalue weighted by atomic mass is 79.9. The van der Waals surface area contributed by atoms with Gasteiger partial charge in [-0.15, -0.1) is 0 Å². The van der Waals surface area contributed by atoms with E-state index >= 15 is 0 Å². The molecule has 0 spiro atoms. The predicted molar refractivity (Wildman–Crippen MR) is 74.8 cm³/mol. The summed E-state index contributed by atoms with van der Waals surface area (Å²) < 4.78 is 38.0. The monoisotopic (exact) mass is 367 g/mol. The molecule has 1 aromatic rings. The molecule has 0 unspecified atom stereocenters. The number of hydrogen-bond acceptors (Lipinski definition) is 3. The second-order valence-corrected chi connectivity index (χ2v) is 4.81. The van der Waals surface area contributed by atoms with Crippen molar-refractivity contribution in [3.05, 3.63) is 28.2 Å². The molecule has 0 saturated carbocycles. The van der Waals surface area contributed by atoms with E-state index in [1.807, 2.05) is 5.32 Å². The summed E-state index contributed by atoms with van der Waals surface area (Å²) in [7, 11) is 0. The van der Waals surface area contributed by atoms with Crippen molar-refractivity contribution in [2.75, 3.05) is 18.4 Å². The lowest BCUT2D eigenvalue weighted by Gasteiger charge is -2.12. The predicted octanol–water partition coefficient (Wildman–Crippen LogP) is 2.73. The van der Waals surface area contributed by atoms with Crippen LogP contribution in [0.4, 0.5) is 23.7 Å². The van der Waals surface area contributed by atoms with Gasteiger partial charge in [0.2, 0.25) is 5.91 Å². The van der Waals surface area contributed by atoms with Crippen LogP contribution < -0.4 is 16.0 Å². The Morgan fingerprint density at radius 3 is 2.52 bits per heavy atom. The molecule has 0 saturated heterocycles. The first kappa shape index (κ1) is 17.3. The molecule has 0 heterocycles. The average molecular weight is 368 g/mol. The number of benzene rings is 1. The van der Waals surface area contributed by atoms with Gasteiger partial charge in [0.1, 0.15) is 0 Å². The van der Waals surface area contributed by atoms with Crippen LogP contribution in [0.5, 0.6) is 0 Å². The Kier molecular flexibility index (Phi) is 6.01. The Morgan fingerprint density at radius 2 is 1.95 bits per heavy atom. The quantitative estimate of drug-likeness (QED) is 0.766. The van der Waals surface area contributed by atoms with E-state index in [2.05, 4.69) is 26.6 Å². The van der Waals surface area contributed by atoms with Crippen LogP contribution in [-0.2, 0) is 11.0 Å². The van der Waals surface area contributed by atoms with Gasteiger partial charge in [0.15, 0.2) is 0 Å². The van der Waals surface area contributed by atoms with E-state index in [1.165, 1.54) is 12.1 Å². The smallest absolute Gasteiger partial charge is 0.376 e. The minimum Gasteiger partial charge on any atom is -0.376 e. The van der Waals surface area contributed by atoms with Gasteiger partial charge in [0.05, 0.1) is 12.1 Å². The molecule has 0 atom stereocenters. The highest BCUT2D eigenvalue weighted by Gasteiger charge is 2.33. The van der Waals surface area contributed by atoms with Gasteiger partial charge in [0.25, 0.3) is 0 Å². The lowest BCUT2D eigenvalue weighted by Crippen LogP contribution is -2.41. The lowest BCUT2D eigenvalue weighted by molar-refractivity contribution is -0.138. The summed E-state index contributed by atoms with van der Waals surface area (Å²) in [5, 5.41) is 6.90. The lowest BCUT2D eigenvalue weighted by atomic mass is 10.2. The first-order chi connectivity index (χ1) is 9.74. The first-order valence-corrected chi connectivity index (χ1v) is 6.71. The van der Waals surface area contributed by atoms with Crippen LogP contribution in [0.1, 0.15) is 12.5 Å². The fourth-order valence-corrected chi connectivity index (χ4v) is 1.88. The summed E-state index contributed by atoms with van der Waals surface area (Å²) in [6, 6.07) is 2.84. The zero-order chi connectivity index (χ0) is 16.0. The van der Waals surface area contributed by atoms with E-state index in [-0.39, 0.29) is 16.7 Å². The molecule has 1 aromatic carbocycles. The Bertz CT molecular complexity index is 535. The van der Waals surface area contributed by atoms with Crippen LogP contribution >= 0.6 is 15.9 Å². The largest absolute Gasteiger partial charge is 0.417 e. The molecule has 3 N–H and O–H groups in total. The number of carbonyl (C=O) groups is 2. The van der Waals surface area contributed by atoms with Crippen LogP contribution in [0.3, 0.4) is 0 Å². The van der Waals surface area contributed by atoms with Gasteiger partial charge in [-0.25, -0.2) is 4.79 Å². The van der Waals surface area contributed by atoms with Crippen LogP contribution in [-0.4, -0.2) is 25.0 Å². The average Bonchev–Trinajstić information content (AvgIpc) is 2.36. The van der Waals surface area contributed by atoms with E-state index in [4.69, 9.17) is 0 Å². The Morgan fingerprint density at radius 1 is 1.29 bits per heavy atom. The molecule has 21 heavy (non-hydrogen) atoms. The third-order valence-electron chi connectivity index (χ3n) is 2.32. The number of nitrogens with one attached hydrogen (secondary N) is 3. The molecular formula is C12H13BrF3N3O2. The van der Waals surface area contributed by atoms with Crippen molar-refractivity contribution in [2.45, 2.75) is 13.1 Å². The van der Waals surface area contributed by atoms with Crippen molar-refractivity contribution < 1.29 is 22.8 Å². The number of urea groups is 1. The van der Waals surface area contributed by atoms with E-state index in [1.54, 1.807) is 6.92 Å². The van der Waals surface area contributed by atoms with E-state index in [0.717, 1.165) is 6.07 Å². The number of carbonyl (C=O) groups excluding carboxylic acids is 2. The molecule has 1 rings (SSSR count). The van der Waals surface area contributed by atoms with Crippen molar-refractivity contribution in [3.63, 3.8) is 0 Å². The van der Waals surface area contributed by atoms with Gasteiger partial charge in [-0.05, 0) is 25.1 Å². The zero-order valence-corrected chi connectivity index (χ0v) is 12.6. The van der Waals surface area contributed by atoms with Gasteiger partial charge in [-0.3, -0.25) is 10.1 Å². The summed E-state index contributed by atoms with van der Waals surface area (Å²) in [6.45, 7) is 1.72. The van der Waals surface area contributed by atoms with Crippen LogP contribution in [0.15, 0.2) is 22.7 Å². The van der Waals surface area contributed by atoms with Crippen molar-refractivity contribution in [2.24, 2.45) is 0 Å². The molecule has 5 nitrogen and oxygen atoms in total. The maximum absolute atomic E-state index is 12.7. The second kappa shape index (κ2) is 7.30. The number of hydrogen-bond donors (Lipinski definition) is 3. The Hall–Kier alpha value is -1.77. The number of halogens is 4. The molecule has 3 amide bonds. The molecule has 0 aliphatic heterocycles. The summed E-state index contributed by atoms with van der Waals surface area (Å²) in [6.07, 6.45) is -4.50. The first-order valence-electron chi connectivity index (χ1n) is 5.92. The van der Waals surface area contributed by atoms with Gasteiger partial charge < -0.3 is 10.6 Å². The second-order valence-electron chi connectivity index (χ2n) is 3.95. The van der Waals surface area contributed by atoms with E-state index in [9.17, 15) is 22.8 Å². The fraction of sp³-hybridized carbons (Fsp3) is 0.333. The third kappa shape index (κ3) is 5.62. The Labute approximate surface area is 127 Å². The molecule has 0 aliphatic rings. The maximum Gasteiger partial charge on any atom is 0.417 e. The zero-order valence-electron chi connectivity index (χ0n) is 11.0. The molecule has 0 radical (unpaired) electrons. The van der Waals surface area contributed by atoms with Crippen molar-refractivity contribution >= 4 is 33.6 Å². The SMILES string of the molecule is CCNC(=O)NC(=O)CNc1ccc(Br)c(C(F)(F)F)c1. The van der Waals surface area contributed by atoms with Crippen LogP contribution in [0.25, 0.3) is 0 Å². The number of alkyl halides is 3. The highest BCUT2D eigenvalue weighted by Crippen LogP contribution is 2.36. The minimum atomic E-state index is -4.50. The topological polar surface area (TPSA) is 70.2 Å². The molecule has 0 fully saturated rings. The highest BCUT2D eigenvalue weighted by molar-refractivity contribution is 9.10. The van der Waals surface area contributed by atoms with Crippen LogP contribution in [0.2, 0.25) is 0 Å². The normalized spacial score (nSPS) is 10.9.